The Hall–Kier alpha value is -3.28. The lowest BCUT2D eigenvalue weighted by atomic mass is 10.2. The highest BCUT2D eigenvalue weighted by Crippen LogP contribution is 2.23. The van der Waals surface area contributed by atoms with Crippen LogP contribution in [-0.2, 0) is 0 Å². The van der Waals surface area contributed by atoms with Crippen molar-refractivity contribution in [2.75, 3.05) is 0 Å². The molecule has 0 unspecified atom stereocenters. The van der Waals surface area contributed by atoms with Gasteiger partial charge in [0.2, 0.25) is 0 Å². The molecule has 0 aliphatic rings. The predicted molar refractivity (Wildman–Crippen MR) is 81.0 cm³/mol. The molecular weight excluding hydrogens is 278 g/mol. The number of benzene rings is 1. The third kappa shape index (κ3) is 2.37. The number of ether oxygens (including phenoxy) is 1. The van der Waals surface area contributed by atoms with Crippen molar-refractivity contribution in [2.24, 2.45) is 0 Å². The molecule has 1 aromatic carbocycles. The first-order valence-electron chi connectivity index (χ1n) is 6.73. The molecule has 0 saturated carbocycles. The van der Waals surface area contributed by atoms with E-state index in [2.05, 4.69) is 20.1 Å². The Morgan fingerprint density at radius 3 is 2.68 bits per heavy atom. The molecule has 0 saturated heterocycles. The summed E-state index contributed by atoms with van der Waals surface area (Å²) in [6.07, 6.45) is 8.72. The van der Waals surface area contributed by atoms with Crippen LogP contribution in [0.5, 0.6) is 11.8 Å². The lowest BCUT2D eigenvalue weighted by molar-refractivity contribution is 0.442. The van der Waals surface area contributed by atoms with Gasteiger partial charge in [0.15, 0.2) is 0 Å². The van der Waals surface area contributed by atoms with Crippen LogP contribution in [0.2, 0.25) is 0 Å². The zero-order valence-electron chi connectivity index (χ0n) is 11.5. The lowest BCUT2D eigenvalue weighted by Crippen LogP contribution is -1.93. The van der Waals surface area contributed by atoms with Gasteiger partial charge in [0, 0.05) is 30.2 Å². The van der Waals surface area contributed by atoms with Gasteiger partial charge in [0.05, 0.1) is 17.4 Å². The molecule has 22 heavy (non-hydrogen) atoms. The van der Waals surface area contributed by atoms with Crippen LogP contribution in [0.3, 0.4) is 0 Å². The maximum atomic E-state index is 5.63. The Kier molecular flexibility index (Phi) is 2.97. The van der Waals surface area contributed by atoms with Gasteiger partial charge in [-0.05, 0) is 36.4 Å². The SMILES string of the molecule is c1cnc(Oc2ccc3nn(-c4cccnc4)cc3c2)nc1. The van der Waals surface area contributed by atoms with E-state index in [-0.39, 0.29) is 0 Å². The highest BCUT2D eigenvalue weighted by molar-refractivity contribution is 5.80. The number of nitrogens with zero attached hydrogens (tertiary/aromatic N) is 5. The Morgan fingerprint density at radius 2 is 1.86 bits per heavy atom. The molecule has 0 atom stereocenters. The van der Waals surface area contributed by atoms with Crippen molar-refractivity contribution in [3.8, 4) is 17.4 Å². The molecule has 0 amide bonds. The molecule has 0 aliphatic heterocycles. The van der Waals surface area contributed by atoms with E-state index in [0.717, 1.165) is 16.6 Å². The average Bonchev–Trinajstić information content (AvgIpc) is 3.00. The number of hydrogen-bond donors (Lipinski definition) is 0. The number of hydrogen-bond acceptors (Lipinski definition) is 5. The maximum Gasteiger partial charge on any atom is 0.321 e. The predicted octanol–water partition coefficient (Wildman–Crippen LogP) is 3.00. The van der Waals surface area contributed by atoms with Crippen LogP contribution < -0.4 is 4.74 Å². The third-order valence-electron chi connectivity index (χ3n) is 3.14. The van der Waals surface area contributed by atoms with Crippen molar-refractivity contribution in [2.45, 2.75) is 0 Å². The highest BCUT2D eigenvalue weighted by Gasteiger charge is 2.06. The Balaban J connectivity index is 1.69. The van der Waals surface area contributed by atoms with Gasteiger partial charge < -0.3 is 4.74 Å². The van der Waals surface area contributed by atoms with Crippen LogP contribution >= 0.6 is 0 Å². The van der Waals surface area contributed by atoms with Crippen LogP contribution in [0.1, 0.15) is 0 Å². The second-order valence-electron chi connectivity index (χ2n) is 4.64. The molecule has 106 valence electrons. The molecule has 0 spiro atoms. The third-order valence-corrected chi connectivity index (χ3v) is 3.14. The van der Waals surface area contributed by atoms with Gasteiger partial charge >= 0.3 is 6.01 Å². The van der Waals surface area contributed by atoms with E-state index in [1.165, 1.54) is 0 Å². The van der Waals surface area contributed by atoms with E-state index in [1.54, 1.807) is 35.5 Å². The zero-order valence-corrected chi connectivity index (χ0v) is 11.5. The van der Waals surface area contributed by atoms with Gasteiger partial charge in [-0.1, -0.05) is 0 Å². The summed E-state index contributed by atoms with van der Waals surface area (Å²) in [4.78, 5) is 12.2. The van der Waals surface area contributed by atoms with Gasteiger partial charge in [-0.3, -0.25) is 4.98 Å². The van der Waals surface area contributed by atoms with Crippen molar-refractivity contribution in [1.29, 1.82) is 0 Å². The minimum Gasteiger partial charge on any atom is -0.424 e. The summed E-state index contributed by atoms with van der Waals surface area (Å²) in [7, 11) is 0. The van der Waals surface area contributed by atoms with Crippen molar-refractivity contribution < 1.29 is 4.74 Å². The molecule has 6 heteroatoms. The second-order valence-corrected chi connectivity index (χ2v) is 4.64. The zero-order chi connectivity index (χ0) is 14.8. The summed E-state index contributed by atoms with van der Waals surface area (Å²) in [6, 6.07) is 11.6. The molecule has 0 bridgehead atoms. The minimum absolute atomic E-state index is 0.321. The Labute approximate surface area is 126 Å². The van der Waals surface area contributed by atoms with Gasteiger partial charge in [-0.25, -0.2) is 14.6 Å². The van der Waals surface area contributed by atoms with Gasteiger partial charge in [0.25, 0.3) is 0 Å². The normalized spacial score (nSPS) is 10.7. The summed E-state index contributed by atoms with van der Waals surface area (Å²) in [6.45, 7) is 0. The van der Waals surface area contributed by atoms with Crippen molar-refractivity contribution >= 4 is 10.9 Å². The number of pyridine rings is 1. The quantitative estimate of drug-likeness (QED) is 0.580. The van der Waals surface area contributed by atoms with Crippen LogP contribution in [0.25, 0.3) is 16.6 Å². The molecule has 4 rings (SSSR count). The number of rotatable bonds is 3. The summed E-state index contributed by atoms with van der Waals surface area (Å²) in [5, 5.41) is 5.49. The molecule has 0 aliphatic carbocycles. The highest BCUT2D eigenvalue weighted by atomic mass is 16.5. The minimum atomic E-state index is 0.321. The lowest BCUT2D eigenvalue weighted by Gasteiger charge is -2.02. The monoisotopic (exact) mass is 289 g/mol. The Bertz CT molecular complexity index is 906. The van der Waals surface area contributed by atoms with E-state index in [1.807, 2.05) is 36.5 Å². The van der Waals surface area contributed by atoms with Gasteiger partial charge in [-0.2, -0.15) is 5.10 Å². The first-order chi connectivity index (χ1) is 10.9. The molecule has 0 N–H and O–H groups in total. The van der Waals surface area contributed by atoms with E-state index >= 15 is 0 Å². The topological polar surface area (TPSA) is 65.7 Å². The standard InChI is InChI=1S/C16H11N5O/c1-3-13(10-17-6-1)21-11-12-9-14(4-5-15(12)20-21)22-16-18-7-2-8-19-16/h1-11H. The first-order valence-corrected chi connectivity index (χ1v) is 6.73. The molecule has 4 aromatic rings. The summed E-state index contributed by atoms with van der Waals surface area (Å²) < 4.78 is 7.42. The number of fused-ring (bicyclic) bond motifs is 1. The van der Waals surface area contributed by atoms with Crippen molar-refractivity contribution in [3.05, 3.63) is 67.4 Å². The van der Waals surface area contributed by atoms with Crippen LogP contribution in [0.15, 0.2) is 67.4 Å². The van der Waals surface area contributed by atoms with Crippen molar-refractivity contribution in [1.82, 2.24) is 24.7 Å². The first kappa shape index (κ1) is 12.5. The average molecular weight is 289 g/mol. The second kappa shape index (κ2) is 5.25. The molecule has 3 aromatic heterocycles. The molecule has 0 radical (unpaired) electrons. The smallest absolute Gasteiger partial charge is 0.321 e. The van der Waals surface area contributed by atoms with E-state index in [0.29, 0.717) is 11.8 Å². The van der Waals surface area contributed by atoms with Crippen LogP contribution in [0.4, 0.5) is 0 Å². The molecular formula is C16H11N5O. The largest absolute Gasteiger partial charge is 0.424 e. The fourth-order valence-corrected chi connectivity index (χ4v) is 2.13. The van der Waals surface area contributed by atoms with Crippen molar-refractivity contribution in [3.63, 3.8) is 0 Å². The molecule has 0 fully saturated rings. The number of aromatic nitrogens is 5. The fourth-order valence-electron chi connectivity index (χ4n) is 2.13. The van der Waals surface area contributed by atoms with Gasteiger partial charge in [-0.15, -0.1) is 0 Å². The van der Waals surface area contributed by atoms with E-state index in [4.69, 9.17) is 4.74 Å². The van der Waals surface area contributed by atoms with E-state index in [9.17, 15) is 0 Å². The fraction of sp³-hybridized carbons (Fsp3) is 0. The summed E-state index contributed by atoms with van der Waals surface area (Å²) >= 11 is 0. The Morgan fingerprint density at radius 1 is 0.955 bits per heavy atom. The molecule has 6 nitrogen and oxygen atoms in total. The summed E-state index contributed by atoms with van der Waals surface area (Å²) in [5.41, 5.74) is 1.79. The van der Waals surface area contributed by atoms with Gasteiger partial charge in [0.1, 0.15) is 5.75 Å². The van der Waals surface area contributed by atoms with Crippen LogP contribution in [0, 0.1) is 0 Å². The van der Waals surface area contributed by atoms with E-state index < -0.39 is 0 Å². The maximum absolute atomic E-state index is 5.63. The van der Waals surface area contributed by atoms with Crippen LogP contribution in [-0.4, -0.2) is 24.7 Å². The summed E-state index contributed by atoms with van der Waals surface area (Å²) in [5.74, 6) is 0.671. The molecule has 3 heterocycles.